The van der Waals surface area contributed by atoms with E-state index in [-0.39, 0.29) is 0 Å². The van der Waals surface area contributed by atoms with Gasteiger partial charge in [0.2, 0.25) is 11.9 Å². The van der Waals surface area contributed by atoms with E-state index in [1.807, 2.05) is 14.0 Å². The van der Waals surface area contributed by atoms with Crippen molar-refractivity contribution in [2.24, 2.45) is 5.92 Å². The second-order valence-electron chi connectivity index (χ2n) is 5.65. The molecule has 0 amide bonds. The first kappa shape index (κ1) is 15.8. The Morgan fingerprint density at radius 2 is 1.95 bits per heavy atom. The number of hydrogen-bond donors (Lipinski definition) is 1. The van der Waals surface area contributed by atoms with Crippen LogP contribution in [-0.2, 0) is 0 Å². The van der Waals surface area contributed by atoms with E-state index >= 15 is 0 Å². The molecule has 118 valence electrons. The largest absolute Gasteiger partial charge is 0.463 e. The van der Waals surface area contributed by atoms with Crippen molar-refractivity contribution in [3.8, 4) is 6.01 Å². The van der Waals surface area contributed by atoms with Crippen molar-refractivity contribution in [3.63, 3.8) is 0 Å². The van der Waals surface area contributed by atoms with E-state index in [0.29, 0.717) is 24.5 Å². The maximum absolute atomic E-state index is 5.57. The van der Waals surface area contributed by atoms with Crippen LogP contribution >= 0.6 is 0 Å². The smallest absolute Gasteiger partial charge is 0.323 e. The highest BCUT2D eigenvalue weighted by atomic mass is 16.5. The quantitative estimate of drug-likeness (QED) is 0.795. The Labute approximate surface area is 127 Å². The van der Waals surface area contributed by atoms with E-state index in [1.54, 1.807) is 0 Å². The van der Waals surface area contributed by atoms with Crippen LogP contribution in [0.5, 0.6) is 6.01 Å². The summed E-state index contributed by atoms with van der Waals surface area (Å²) in [5.41, 5.74) is 0. The average molecular weight is 293 g/mol. The van der Waals surface area contributed by atoms with Gasteiger partial charge in [0.25, 0.3) is 0 Å². The molecule has 1 heterocycles. The number of nitrogens with zero attached hydrogens (tertiary/aromatic N) is 4. The van der Waals surface area contributed by atoms with E-state index in [2.05, 4.69) is 32.1 Å². The molecule has 0 atom stereocenters. The van der Waals surface area contributed by atoms with Crippen LogP contribution in [-0.4, -0.2) is 41.7 Å². The molecular formula is C15H27N5O. The molecule has 1 aromatic heterocycles. The van der Waals surface area contributed by atoms with Crippen molar-refractivity contribution in [3.05, 3.63) is 0 Å². The normalized spacial score (nSPS) is 15.2. The third-order valence-corrected chi connectivity index (χ3v) is 3.72. The van der Waals surface area contributed by atoms with Crippen LogP contribution in [0.25, 0.3) is 0 Å². The molecule has 0 saturated heterocycles. The monoisotopic (exact) mass is 293 g/mol. The number of hydrogen-bond acceptors (Lipinski definition) is 6. The number of ether oxygens (including phenoxy) is 1. The first-order valence-electron chi connectivity index (χ1n) is 8.06. The third kappa shape index (κ3) is 4.72. The third-order valence-electron chi connectivity index (χ3n) is 3.72. The summed E-state index contributed by atoms with van der Waals surface area (Å²) < 4.78 is 5.57. The second kappa shape index (κ2) is 8.00. The Bertz CT molecular complexity index is 434. The number of aromatic nitrogens is 3. The molecule has 0 unspecified atom stereocenters. The van der Waals surface area contributed by atoms with Crippen LogP contribution in [0.1, 0.15) is 46.0 Å². The minimum absolute atomic E-state index is 0.413. The van der Waals surface area contributed by atoms with Gasteiger partial charge in [-0.15, -0.1) is 0 Å². The van der Waals surface area contributed by atoms with Gasteiger partial charge in [-0.25, -0.2) is 0 Å². The Balaban J connectivity index is 2.09. The van der Waals surface area contributed by atoms with Gasteiger partial charge < -0.3 is 15.0 Å². The lowest BCUT2D eigenvalue weighted by Gasteiger charge is -2.21. The SMILES string of the molecule is CCCOc1nc(NCC)nc(N(C)CC2CCCC2)n1. The minimum atomic E-state index is 0.413. The first-order valence-corrected chi connectivity index (χ1v) is 8.06. The highest BCUT2D eigenvalue weighted by Gasteiger charge is 2.19. The molecule has 1 N–H and O–H groups in total. The molecule has 6 nitrogen and oxygen atoms in total. The number of anilines is 2. The lowest BCUT2D eigenvalue weighted by atomic mass is 10.1. The fourth-order valence-electron chi connectivity index (χ4n) is 2.67. The maximum Gasteiger partial charge on any atom is 0.323 e. The summed E-state index contributed by atoms with van der Waals surface area (Å²) in [5, 5.41) is 3.14. The van der Waals surface area contributed by atoms with E-state index < -0.39 is 0 Å². The summed E-state index contributed by atoms with van der Waals surface area (Å²) in [4.78, 5) is 15.3. The van der Waals surface area contributed by atoms with Gasteiger partial charge >= 0.3 is 6.01 Å². The highest BCUT2D eigenvalue weighted by Crippen LogP contribution is 2.26. The summed E-state index contributed by atoms with van der Waals surface area (Å²) in [6.07, 6.45) is 6.27. The van der Waals surface area contributed by atoms with Crippen molar-refractivity contribution >= 4 is 11.9 Å². The predicted molar refractivity (Wildman–Crippen MR) is 85.0 cm³/mol. The molecule has 0 bridgehead atoms. The summed E-state index contributed by atoms with van der Waals surface area (Å²) in [6, 6.07) is 0.413. The van der Waals surface area contributed by atoms with Crippen LogP contribution < -0.4 is 15.0 Å². The molecule has 6 heteroatoms. The van der Waals surface area contributed by atoms with Gasteiger partial charge in [-0.05, 0) is 32.1 Å². The fourth-order valence-corrected chi connectivity index (χ4v) is 2.67. The van der Waals surface area contributed by atoms with Crippen LogP contribution in [0.15, 0.2) is 0 Å². The van der Waals surface area contributed by atoms with Gasteiger partial charge in [0.1, 0.15) is 0 Å². The molecular weight excluding hydrogens is 266 g/mol. The Morgan fingerprint density at radius 3 is 2.62 bits per heavy atom. The minimum Gasteiger partial charge on any atom is -0.463 e. The molecule has 0 radical (unpaired) electrons. The van der Waals surface area contributed by atoms with Crippen LogP contribution in [0, 0.1) is 5.92 Å². The van der Waals surface area contributed by atoms with Crippen LogP contribution in [0.2, 0.25) is 0 Å². The maximum atomic E-state index is 5.57. The number of nitrogens with one attached hydrogen (secondary N) is 1. The van der Waals surface area contributed by atoms with Crippen molar-refractivity contribution in [2.45, 2.75) is 46.0 Å². The lowest BCUT2D eigenvalue weighted by molar-refractivity contribution is 0.291. The van der Waals surface area contributed by atoms with Crippen molar-refractivity contribution in [1.29, 1.82) is 0 Å². The highest BCUT2D eigenvalue weighted by molar-refractivity contribution is 5.37. The summed E-state index contributed by atoms with van der Waals surface area (Å²) in [6.45, 7) is 6.50. The van der Waals surface area contributed by atoms with Gasteiger partial charge in [-0.3, -0.25) is 0 Å². The van der Waals surface area contributed by atoms with Gasteiger partial charge in [-0.2, -0.15) is 15.0 Å². The van der Waals surface area contributed by atoms with Gasteiger partial charge in [0, 0.05) is 20.1 Å². The van der Waals surface area contributed by atoms with E-state index in [4.69, 9.17) is 4.74 Å². The molecule has 1 aromatic rings. The standard InChI is InChI=1S/C15H27N5O/c1-4-10-21-15-18-13(16-5-2)17-14(19-15)20(3)11-12-8-6-7-9-12/h12H,4-11H2,1-3H3,(H,16,17,18,19). The lowest BCUT2D eigenvalue weighted by Crippen LogP contribution is -2.26. The van der Waals surface area contributed by atoms with Crippen LogP contribution in [0.3, 0.4) is 0 Å². The molecule has 0 spiro atoms. The molecule has 1 saturated carbocycles. The van der Waals surface area contributed by atoms with Crippen molar-refractivity contribution in [1.82, 2.24) is 15.0 Å². The Kier molecular flexibility index (Phi) is 6.02. The Hall–Kier alpha value is -1.59. The predicted octanol–water partition coefficient (Wildman–Crippen LogP) is 2.72. The zero-order valence-electron chi connectivity index (χ0n) is 13.4. The average Bonchev–Trinajstić information content (AvgIpc) is 2.98. The fraction of sp³-hybridized carbons (Fsp3) is 0.800. The van der Waals surface area contributed by atoms with Crippen molar-refractivity contribution in [2.75, 3.05) is 37.0 Å². The Morgan fingerprint density at radius 1 is 1.19 bits per heavy atom. The van der Waals surface area contributed by atoms with E-state index in [0.717, 1.165) is 25.4 Å². The summed E-state index contributed by atoms with van der Waals surface area (Å²) in [7, 11) is 2.05. The summed E-state index contributed by atoms with van der Waals surface area (Å²) in [5.74, 6) is 2.04. The molecule has 21 heavy (non-hydrogen) atoms. The molecule has 1 fully saturated rings. The molecule has 0 aliphatic heterocycles. The molecule has 0 aromatic carbocycles. The zero-order chi connectivity index (χ0) is 15.1. The molecule has 2 rings (SSSR count). The first-order chi connectivity index (χ1) is 10.2. The summed E-state index contributed by atoms with van der Waals surface area (Å²) >= 11 is 0. The van der Waals surface area contributed by atoms with E-state index in [1.165, 1.54) is 25.7 Å². The zero-order valence-corrected chi connectivity index (χ0v) is 13.4. The second-order valence-corrected chi connectivity index (χ2v) is 5.65. The molecule has 1 aliphatic carbocycles. The van der Waals surface area contributed by atoms with Gasteiger partial charge in [-0.1, -0.05) is 19.8 Å². The van der Waals surface area contributed by atoms with Crippen molar-refractivity contribution < 1.29 is 4.74 Å². The van der Waals surface area contributed by atoms with Gasteiger partial charge in [0.15, 0.2) is 0 Å². The topological polar surface area (TPSA) is 63.2 Å². The van der Waals surface area contributed by atoms with Crippen LogP contribution in [0.4, 0.5) is 11.9 Å². The number of rotatable bonds is 8. The van der Waals surface area contributed by atoms with E-state index in [9.17, 15) is 0 Å². The molecule has 1 aliphatic rings. The van der Waals surface area contributed by atoms with Gasteiger partial charge in [0.05, 0.1) is 6.61 Å².